The smallest absolute Gasteiger partial charge is 0.349 e. The van der Waals surface area contributed by atoms with Crippen LogP contribution >= 0.6 is 0 Å². The number of carbonyl (C=O) groups excluding carboxylic acids is 1. The van der Waals surface area contributed by atoms with Gasteiger partial charge in [0, 0.05) is 11.6 Å². The van der Waals surface area contributed by atoms with E-state index >= 15 is 0 Å². The Kier molecular flexibility index (Phi) is 7.03. The summed E-state index contributed by atoms with van der Waals surface area (Å²) in [6.45, 7) is 5.71. The predicted octanol–water partition coefficient (Wildman–Crippen LogP) is 4.76. The quantitative estimate of drug-likeness (QED) is 0.289. The topological polar surface area (TPSA) is 104 Å². The van der Waals surface area contributed by atoms with E-state index in [2.05, 4.69) is 12.6 Å². The zero-order valence-electron chi connectivity index (χ0n) is 19.2. The second kappa shape index (κ2) is 10.5. The highest BCUT2D eigenvalue weighted by Gasteiger charge is 2.31. The van der Waals surface area contributed by atoms with Gasteiger partial charge in [-0.15, -0.1) is 0 Å². The van der Waals surface area contributed by atoms with Gasteiger partial charge in [0.25, 0.3) is 0 Å². The zero-order valence-corrected chi connectivity index (χ0v) is 19.2. The van der Waals surface area contributed by atoms with Crippen molar-refractivity contribution in [2.45, 2.75) is 12.8 Å². The Balaban J connectivity index is 1.55. The molecule has 7 nitrogen and oxygen atoms in total. The van der Waals surface area contributed by atoms with Gasteiger partial charge in [-0.3, -0.25) is 0 Å². The summed E-state index contributed by atoms with van der Waals surface area (Å²) in [5.74, 6) is 0.863. The maximum absolute atomic E-state index is 12.3. The van der Waals surface area contributed by atoms with E-state index in [4.69, 9.17) is 24.7 Å². The van der Waals surface area contributed by atoms with Gasteiger partial charge in [0.2, 0.25) is 5.88 Å². The van der Waals surface area contributed by atoms with Crippen LogP contribution in [0, 0.1) is 18.3 Å². The lowest BCUT2D eigenvalue weighted by Gasteiger charge is -2.27. The van der Waals surface area contributed by atoms with E-state index in [1.165, 1.54) is 0 Å². The molecular formula is C28H24N2O5. The molecule has 1 aliphatic rings. The van der Waals surface area contributed by atoms with E-state index in [1.54, 1.807) is 30.3 Å². The summed E-state index contributed by atoms with van der Waals surface area (Å²) >= 11 is 0. The number of nitrogens with two attached hydrogens (primary N) is 1. The summed E-state index contributed by atoms with van der Waals surface area (Å²) in [7, 11) is 0. The van der Waals surface area contributed by atoms with Gasteiger partial charge in [-0.1, -0.05) is 43.0 Å². The van der Waals surface area contributed by atoms with E-state index in [0.29, 0.717) is 29.4 Å². The standard InChI is InChI=1S/C28H24N2O5/c1-3-12-32-21-9-5-7-19(14-21)27-23-11-10-22(15-25(23)35-28(30)24(27)16-29)34-26(31)17-33-20-8-4-6-18(2)13-20/h3-11,13-15,27H,1,12,17,30H2,2H3. The van der Waals surface area contributed by atoms with Crippen molar-refractivity contribution in [3.8, 4) is 29.1 Å². The van der Waals surface area contributed by atoms with E-state index in [9.17, 15) is 10.1 Å². The van der Waals surface area contributed by atoms with Gasteiger partial charge in [0.15, 0.2) is 6.61 Å². The number of benzene rings is 3. The van der Waals surface area contributed by atoms with E-state index in [0.717, 1.165) is 11.1 Å². The number of esters is 1. The summed E-state index contributed by atoms with van der Waals surface area (Å²) in [4.78, 5) is 12.3. The van der Waals surface area contributed by atoms with Crippen molar-refractivity contribution in [3.05, 3.63) is 108 Å². The van der Waals surface area contributed by atoms with Gasteiger partial charge in [0.1, 0.15) is 41.2 Å². The number of fused-ring (bicyclic) bond motifs is 1. The number of aryl methyl sites for hydroxylation is 1. The minimum atomic E-state index is -0.563. The normalized spacial score (nSPS) is 14.2. The molecule has 176 valence electrons. The first kappa shape index (κ1) is 23.5. The lowest BCUT2D eigenvalue weighted by molar-refractivity contribution is -0.136. The minimum Gasteiger partial charge on any atom is -0.490 e. The van der Waals surface area contributed by atoms with Crippen LogP contribution in [0.4, 0.5) is 0 Å². The largest absolute Gasteiger partial charge is 0.490 e. The van der Waals surface area contributed by atoms with E-state index in [1.807, 2.05) is 49.4 Å². The van der Waals surface area contributed by atoms with Crippen molar-refractivity contribution in [2.24, 2.45) is 5.73 Å². The Bertz CT molecular complexity index is 1340. The molecule has 0 saturated heterocycles. The lowest BCUT2D eigenvalue weighted by Crippen LogP contribution is -2.21. The van der Waals surface area contributed by atoms with Crippen LogP contribution in [0.3, 0.4) is 0 Å². The first-order valence-corrected chi connectivity index (χ1v) is 10.9. The fourth-order valence-corrected chi connectivity index (χ4v) is 3.79. The molecule has 35 heavy (non-hydrogen) atoms. The van der Waals surface area contributed by atoms with E-state index in [-0.39, 0.29) is 23.8 Å². The van der Waals surface area contributed by atoms with Crippen LogP contribution in [-0.2, 0) is 4.79 Å². The summed E-state index contributed by atoms with van der Waals surface area (Å²) in [5, 5.41) is 9.78. The number of nitriles is 1. The highest BCUT2D eigenvalue weighted by molar-refractivity contribution is 5.74. The van der Waals surface area contributed by atoms with Crippen LogP contribution in [0.5, 0.6) is 23.0 Å². The fraction of sp³-hybridized carbons (Fsp3) is 0.143. The highest BCUT2D eigenvalue weighted by Crippen LogP contribution is 2.44. The Morgan fingerprint density at radius 3 is 2.60 bits per heavy atom. The molecule has 0 bridgehead atoms. The van der Waals surface area contributed by atoms with E-state index < -0.39 is 11.9 Å². The number of hydrogen-bond acceptors (Lipinski definition) is 7. The molecule has 1 heterocycles. The molecule has 1 unspecified atom stereocenters. The van der Waals surface area contributed by atoms with Crippen molar-refractivity contribution in [1.29, 1.82) is 5.26 Å². The van der Waals surface area contributed by atoms with Crippen LogP contribution in [0.15, 0.2) is 90.8 Å². The number of nitrogens with zero attached hydrogens (tertiary/aromatic N) is 1. The molecule has 1 aliphatic heterocycles. The number of ether oxygens (including phenoxy) is 4. The average Bonchev–Trinajstić information content (AvgIpc) is 2.85. The number of carbonyl (C=O) groups is 1. The number of hydrogen-bond donors (Lipinski definition) is 1. The second-order valence-corrected chi connectivity index (χ2v) is 7.88. The maximum atomic E-state index is 12.3. The van der Waals surface area contributed by atoms with Crippen molar-refractivity contribution in [1.82, 2.24) is 0 Å². The predicted molar refractivity (Wildman–Crippen MR) is 130 cm³/mol. The molecule has 0 amide bonds. The van der Waals surface area contributed by atoms with Crippen LogP contribution in [-0.4, -0.2) is 19.2 Å². The Labute approximate surface area is 203 Å². The zero-order chi connectivity index (χ0) is 24.8. The molecule has 0 aliphatic carbocycles. The van der Waals surface area contributed by atoms with Gasteiger partial charge in [-0.05, 0) is 48.4 Å². The third kappa shape index (κ3) is 5.45. The Hall–Kier alpha value is -4.70. The molecule has 0 spiro atoms. The minimum absolute atomic E-state index is 0.00586. The molecule has 0 fully saturated rings. The monoisotopic (exact) mass is 468 g/mol. The molecule has 1 atom stereocenters. The summed E-state index contributed by atoms with van der Waals surface area (Å²) in [6, 6.07) is 21.9. The summed E-state index contributed by atoms with van der Waals surface area (Å²) < 4.78 is 22.3. The maximum Gasteiger partial charge on any atom is 0.349 e. The Morgan fingerprint density at radius 2 is 1.86 bits per heavy atom. The average molecular weight is 469 g/mol. The van der Waals surface area contributed by atoms with Crippen LogP contribution in [0.25, 0.3) is 0 Å². The molecule has 2 N–H and O–H groups in total. The summed E-state index contributed by atoms with van der Waals surface area (Å²) in [6.07, 6.45) is 1.66. The SMILES string of the molecule is C=CCOc1cccc(C2C(C#N)=C(N)Oc3cc(OC(=O)COc4cccc(C)c4)ccc32)c1. The molecule has 0 saturated carbocycles. The Morgan fingerprint density at radius 1 is 1.09 bits per heavy atom. The van der Waals surface area contributed by atoms with Crippen LogP contribution in [0.1, 0.15) is 22.6 Å². The van der Waals surface area contributed by atoms with Gasteiger partial charge < -0.3 is 24.7 Å². The van der Waals surface area contributed by atoms with Gasteiger partial charge in [-0.25, -0.2) is 4.79 Å². The lowest BCUT2D eigenvalue weighted by atomic mass is 9.83. The number of allylic oxidation sites excluding steroid dienone is 1. The molecule has 3 aromatic carbocycles. The van der Waals surface area contributed by atoms with Crippen molar-refractivity contribution < 1.29 is 23.7 Å². The van der Waals surface area contributed by atoms with Crippen molar-refractivity contribution in [2.75, 3.05) is 13.2 Å². The van der Waals surface area contributed by atoms with Gasteiger partial charge in [-0.2, -0.15) is 5.26 Å². The fourth-order valence-electron chi connectivity index (χ4n) is 3.79. The van der Waals surface area contributed by atoms with Crippen LogP contribution < -0.4 is 24.7 Å². The van der Waals surface area contributed by atoms with Gasteiger partial charge >= 0.3 is 5.97 Å². The summed E-state index contributed by atoms with van der Waals surface area (Å²) in [5.41, 5.74) is 8.93. The van der Waals surface area contributed by atoms with Crippen molar-refractivity contribution >= 4 is 5.97 Å². The van der Waals surface area contributed by atoms with Gasteiger partial charge in [0.05, 0.1) is 5.92 Å². The molecule has 4 rings (SSSR count). The molecule has 0 radical (unpaired) electrons. The van der Waals surface area contributed by atoms with Crippen LogP contribution in [0.2, 0.25) is 0 Å². The third-order valence-corrected chi connectivity index (χ3v) is 5.33. The second-order valence-electron chi connectivity index (χ2n) is 7.88. The highest BCUT2D eigenvalue weighted by atomic mass is 16.6. The molecule has 3 aromatic rings. The first-order valence-electron chi connectivity index (χ1n) is 10.9. The van der Waals surface area contributed by atoms with Crippen molar-refractivity contribution in [3.63, 3.8) is 0 Å². The molecule has 0 aromatic heterocycles. The molecular weight excluding hydrogens is 444 g/mol. The first-order chi connectivity index (χ1) is 17.0. The third-order valence-electron chi connectivity index (χ3n) is 5.33. The molecule has 7 heteroatoms. The number of rotatable bonds is 8.